The predicted octanol–water partition coefficient (Wildman–Crippen LogP) is 4.96. The van der Waals surface area contributed by atoms with Crippen molar-refractivity contribution in [2.45, 2.75) is 38.3 Å². The Bertz CT molecular complexity index is 519. The van der Waals surface area contributed by atoms with Crippen LogP contribution in [0.1, 0.15) is 31.2 Å². The number of benzene rings is 1. The Morgan fingerprint density at radius 3 is 2.33 bits per heavy atom. The van der Waals surface area contributed by atoms with Crippen LogP contribution in [0.2, 0.25) is 5.02 Å². The number of rotatable bonds is 3. The maximum Gasteiger partial charge on any atom is 0.391 e. The minimum atomic E-state index is -4.17. The number of halogens is 5. The number of carbonyl (C=O) groups excluding carboxylic acids is 1. The Kier molecular flexibility index (Phi) is 4.91. The fraction of sp³-hybridized carbons (Fsp3) is 0.533. The molecule has 1 aromatic carbocycles. The Morgan fingerprint density at radius 2 is 1.81 bits per heavy atom. The van der Waals surface area contributed by atoms with E-state index in [-0.39, 0.29) is 48.8 Å². The van der Waals surface area contributed by atoms with Gasteiger partial charge in [0.2, 0.25) is 0 Å². The normalized spacial score (nSPS) is 23.1. The molecule has 1 nitrogen and oxygen atoms in total. The largest absolute Gasteiger partial charge is 0.391 e. The summed E-state index contributed by atoms with van der Waals surface area (Å²) in [5.74, 6) is -2.38. The van der Waals surface area contributed by atoms with Crippen molar-refractivity contribution in [3.05, 3.63) is 34.6 Å². The fourth-order valence-electron chi connectivity index (χ4n) is 2.74. The van der Waals surface area contributed by atoms with Gasteiger partial charge in [-0.2, -0.15) is 13.2 Å². The van der Waals surface area contributed by atoms with E-state index < -0.39 is 17.9 Å². The molecule has 0 saturated heterocycles. The summed E-state index contributed by atoms with van der Waals surface area (Å²) >= 11 is 5.56. The molecule has 1 fully saturated rings. The lowest BCUT2D eigenvalue weighted by Gasteiger charge is -2.29. The van der Waals surface area contributed by atoms with Gasteiger partial charge in [0.25, 0.3) is 0 Å². The summed E-state index contributed by atoms with van der Waals surface area (Å²) in [5, 5.41) is -0.0168. The zero-order chi connectivity index (χ0) is 15.6. The van der Waals surface area contributed by atoms with E-state index in [9.17, 15) is 22.4 Å². The first-order valence-corrected chi connectivity index (χ1v) is 7.18. The number of hydrogen-bond acceptors (Lipinski definition) is 1. The van der Waals surface area contributed by atoms with Crippen molar-refractivity contribution in [1.29, 1.82) is 0 Å². The maximum atomic E-state index is 13.3. The molecule has 1 aromatic rings. The lowest BCUT2D eigenvalue weighted by atomic mass is 9.78. The fourth-order valence-corrected chi connectivity index (χ4v) is 2.86. The third kappa shape index (κ3) is 4.19. The van der Waals surface area contributed by atoms with Gasteiger partial charge in [0.15, 0.2) is 0 Å². The molecule has 0 unspecified atom stereocenters. The van der Waals surface area contributed by atoms with Gasteiger partial charge >= 0.3 is 6.18 Å². The molecule has 0 aromatic heterocycles. The second-order valence-corrected chi connectivity index (χ2v) is 5.89. The number of hydrogen-bond donors (Lipinski definition) is 0. The van der Waals surface area contributed by atoms with Crippen LogP contribution in [0.4, 0.5) is 17.6 Å². The molecule has 0 heterocycles. The van der Waals surface area contributed by atoms with Crippen molar-refractivity contribution in [1.82, 2.24) is 0 Å². The van der Waals surface area contributed by atoms with Crippen LogP contribution in [0.25, 0.3) is 0 Å². The minimum Gasteiger partial charge on any atom is -0.299 e. The molecule has 0 spiro atoms. The highest BCUT2D eigenvalue weighted by atomic mass is 35.5. The van der Waals surface area contributed by atoms with Crippen LogP contribution >= 0.6 is 11.6 Å². The topological polar surface area (TPSA) is 17.1 Å². The molecule has 1 aliphatic carbocycles. The van der Waals surface area contributed by atoms with Gasteiger partial charge in [-0.3, -0.25) is 4.79 Å². The first-order valence-electron chi connectivity index (χ1n) is 6.80. The van der Waals surface area contributed by atoms with Crippen LogP contribution in [-0.2, 0) is 11.2 Å². The first-order chi connectivity index (χ1) is 9.77. The molecule has 1 aliphatic rings. The zero-order valence-corrected chi connectivity index (χ0v) is 12.0. The van der Waals surface area contributed by atoms with Gasteiger partial charge in [-0.25, -0.2) is 4.39 Å². The average Bonchev–Trinajstić information content (AvgIpc) is 2.42. The molecular formula is C15H15ClF4O. The Labute approximate surface area is 125 Å². The Balaban J connectivity index is 1.92. The summed E-state index contributed by atoms with van der Waals surface area (Å²) in [4.78, 5) is 12.1. The average molecular weight is 323 g/mol. The quantitative estimate of drug-likeness (QED) is 0.719. The molecule has 21 heavy (non-hydrogen) atoms. The van der Waals surface area contributed by atoms with Crippen LogP contribution in [0.5, 0.6) is 0 Å². The molecular weight excluding hydrogens is 308 g/mol. The van der Waals surface area contributed by atoms with E-state index in [2.05, 4.69) is 0 Å². The van der Waals surface area contributed by atoms with Crippen LogP contribution in [-0.4, -0.2) is 12.0 Å². The lowest BCUT2D eigenvalue weighted by Crippen LogP contribution is -2.30. The SMILES string of the molecule is O=C(Cc1ccc(Cl)c(F)c1)C1CCC(C(F)(F)F)CC1. The van der Waals surface area contributed by atoms with Crippen LogP contribution < -0.4 is 0 Å². The van der Waals surface area contributed by atoms with Crippen molar-refractivity contribution in [2.75, 3.05) is 0 Å². The summed E-state index contributed by atoms with van der Waals surface area (Å²) in [6.07, 6.45) is -3.65. The molecule has 0 atom stereocenters. The van der Waals surface area contributed by atoms with E-state index in [0.29, 0.717) is 5.56 Å². The molecule has 0 N–H and O–H groups in total. The maximum absolute atomic E-state index is 13.3. The van der Waals surface area contributed by atoms with Crippen molar-refractivity contribution in [2.24, 2.45) is 11.8 Å². The molecule has 6 heteroatoms. The van der Waals surface area contributed by atoms with Crippen molar-refractivity contribution < 1.29 is 22.4 Å². The van der Waals surface area contributed by atoms with Crippen molar-refractivity contribution >= 4 is 17.4 Å². The summed E-state index contributed by atoms with van der Waals surface area (Å²) in [7, 11) is 0. The number of carbonyl (C=O) groups is 1. The number of ketones is 1. The van der Waals surface area contributed by atoms with Gasteiger partial charge in [-0.15, -0.1) is 0 Å². The zero-order valence-electron chi connectivity index (χ0n) is 11.2. The molecule has 0 amide bonds. The molecule has 116 valence electrons. The van der Waals surface area contributed by atoms with E-state index >= 15 is 0 Å². The lowest BCUT2D eigenvalue weighted by molar-refractivity contribution is -0.184. The Hall–Kier alpha value is -1.10. The highest BCUT2D eigenvalue weighted by Crippen LogP contribution is 2.39. The van der Waals surface area contributed by atoms with Crippen LogP contribution in [0.15, 0.2) is 18.2 Å². The summed E-state index contributed by atoms with van der Waals surface area (Å²) in [6, 6.07) is 4.13. The predicted molar refractivity (Wildman–Crippen MR) is 71.6 cm³/mol. The van der Waals surface area contributed by atoms with E-state index in [1.807, 2.05) is 0 Å². The number of alkyl halides is 3. The smallest absolute Gasteiger partial charge is 0.299 e. The highest BCUT2D eigenvalue weighted by Gasteiger charge is 2.42. The van der Waals surface area contributed by atoms with Gasteiger partial charge in [0.05, 0.1) is 10.9 Å². The molecule has 0 aliphatic heterocycles. The molecule has 1 saturated carbocycles. The van der Waals surface area contributed by atoms with Crippen molar-refractivity contribution in [3.63, 3.8) is 0 Å². The van der Waals surface area contributed by atoms with Crippen LogP contribution in [0.3, 0.4) is 0 Å². The standard InChI is InChI=1S/C15H15ClF4O/c16-12-6-1-9(7-13(12)17)8-14(21)10-2-4-11(5-3-10)15(18,19)20/h1,6-7,10-11H,2-5,8H2. The highest BCUT2D eigenvalue weighted by molar-refractivity contribution is 6.30. The van der Waals surface area contributed by atoms with Gasteiger partial charge < -0.3 is 0 Å². The van der Waals surface area contributed by atoms with E-state index in [1.54, 1.807) is 6.07 Å². The summed E-state index contributed by atoms with van der Waals surface area (Å²) in [6.45, 7) is 0. The third-order valence-corrected chi connectivity index (χ3v) is 4.31. The van der Waals surface area contributed by atoms with Gasteiger partial charge in [0, 0.05) is 12.3 Å². The first kappa shape index (κ1) is 16.3. The van der Waals surface area contributed by atoms with Gasteiger partial charge in [-0.05, 0) is 43.4 Å². The second-order valence-electron chi connectivity index (χ2n) is 5.48. The van der Waals surface area contributed by atoms with E-state index in [1.165, 1.54) is 12.1 Å². The molecule has 0 radical (unpaired) electrons. The van der Waals surface area contributed by atoms with E-state index in [4.69, 9.17) is 11.6 Å². The molecule has 2 rings (SSSR count). The Morgan fingerprint density at radius 1 is 1.19 bits per heavy atom. The summed E-state index contributed by atoms with van der Waals surface area (Å²) in [5.41, 5.74) is 0.500. The minimum absolute atomic E-state index is 0.00507. The van der Waals surface area contributed by atoms with Crippen molar-refractivity contribution in [3.8, 4) is 0 Å². The molecule has 0 bridgehead atoms. The number of Topliss-reactive ketones (excluding diaryl/α,β-unsaturated/α-hetero) is 1. The van der Waals surface area contributed by atoms with Gasteiger partial charge in [0.1, 0.15) is 11.6 Å². The van der Waals surface area contributed by atoms with Crippen LogP contribution in [0, 0.1) is 17.7 Å². The summed E-state index contributed by atoms with van der Waals surface area (Å²) < 4.78 is 51.0. The monoisotopic (exact) mass is 322 g/mol. The third-order valence-electron chi connectivity index (χ3n) is 4.01. The van der Waals surface area contributed by atoms with E-state index in [0.717, 1.165) is 0 Å². The second kappa shape index (κ2) is 6.34. The van der Waals surface area contributed by atoms with Gasteiger partial charge in [-0.1, -0.05) is 17.7 Å².